The number of aromatic nitrogens is 1. The highest BCUT2D eigenvalue weighted by Gasteiger charge is 2.26. The number of fused-ring (bicyclic) bond motifs is 2. The Kier molecular flexibility index (Phi) is 6.63. The van der Waals surface area contributed by atoms with Crippen LogP contribution in [0.5, 0.6) is 0 Å². The van der Waals surface area contributed by atoms with Gasteiger partial charge in [0.1, 0.15) is 11.3 Å². The van der Waals surface area contributed by atoms with Crippen molar-refractivity contribution in [1.82, 2.24) is 10.3 Å². The molecule has 9 heteroatoms. The number of hydrogen-bond acceptors (Lipinski definition) is 6. The highest BCUT2D eigenvalue weighted by Crippen LogP contribution is 2.41. The number of carbonyl (C=O) groups is 1. The van der Waals surface area contributed by atoms with Gasteiger partial charge in [-0.3, -0.25) is 9.10 Å². The molecular weight excluding hydrogens is 555 g/mol. The molecule has 0 aliphatic carbocycles. The number of carbonyl (C=O) groups excluding carboxylic acids is 1. The zero-order valence-corrected chi connectivity index (χ0v) is 24.6. The molecule has 3 heterocycles. The number of sulfonamides is 1. The summed E-state index contributed by atoms with van der Waals surface area (Å²) in [4.78, 5) is 19.2. The highest BCUT2D eigenvalue weighted by atomic mass is 32.2. The number of rotatable bonds is 6. The maximum Gasteiger partial charge on any atom is 0.255 e. The number of pyridine rings is 1. The minimum atomic E-state index is -3.63. The summed E-state index contributed by atoms with van der Waals surface area (Å²) in [6, 6.07) is 27.1. The molecule has 1 N–H and O–H groups in total. The van der Waals surface area contributed by atoms with Crippen LogP contribution < -0.4 is 9.62 Å². The van der Waals surface area contributed by atoms with Gasteiger partial charge in [0.25, 0.3) is 5.91 Å². The standard InChI is InChI=1S/C32H27N3O4S2/c1-19-12-14-20(15-13-19)31-30(32(36)33-2)23-17-22(26(18-27(23)39-31)35(3)41(4,37)38)24-9-7-10-25(34-24)29-16-21-8-5-6-11-28(21)40-29/h5-18H,1-4H3,(H,33,36). The minimum absolute atomic E-state index is 0.304. The van der Waals surface area contributed by atoms with E-state index in [2.05, 4.69) is 23.5 Å². The van der Waals surface area contributed by atoms with Gasteiger partial charge >= 0.3 is 0 Å². The summed E-state index contributed by atoms with van der Waals surface area (Å²) in [5.74, 6) is 0.109. The molecule has 0 spiro atoms. The fraction of sp³-hybridized carbons (Fsp3) is 0.125. The van der Waals surface area contributed by atoms with Crippen LogP contribution in [0.2, 0.25) is 0 Å². The van der Waals surface area contributed by atoms with Crippen LogP contribution in [0.3, 0.4) is 0 Å². The molecule has 0 aliphatic rings. The van der Waals surface area contributed by atoms with E-state index in [9.17, 15) is 13.2 Å². The van der Waals surface area contributed by atoms with Crippen LogP contribution in [0.1, 0.15) is 15.9 Å². The van der Waals surface area contributed by atoms with Gasteiger partial charge in [-0.15, -0.1) is 11.3 Å². The predicted octanol–water partition coefficient (Wildman–Crippen LogP) is 7.11. The Bertz CT molecular complexity index is 2030. The summed E-state index contributed by atoms with van der Waals surface area (Å²) in [6.45, 7) is 1.99. The highest BCUT2D eigenvalue weighted by molar-refractivity contribution is 7.92. The van der Waals surface area contributed by atoms with Gasteiger partial charge < -0.3 is 9.73 Å². The first-order valence-electron chi connectivity index (χ1n) is 12.9. The first-order valence-corrected chi connectivity index (χ1v) is 15.6. The predicted molar refractivity (Wildman–Crippen MR) is 167 cm³/mol. The molecule has 6 rings (SSSR count). The lowest BCUT2D eigenvalue weighted by atomic mass is 10.00. The van der Waals surface area contributed by atoms with Crippen LogP contribution in [0.15, 0.2) is 89.3 Å². The van der Waals surface area contributed by atoms with Crippen LogP contribution in [0, 0.1) is 6.92 Å². The number of benzene rings is 3. The lowest BCUT2D eigenvalue weighted by Crippen LogP contribution is -2.25. The number of anilines is 1. The molecule has 0 unspecified atom stereocenters. The minimum Gasteiger partial charge on any atom is -0.455 e. The second-order valence-electron chi connectivity index (χ2n) is 9.90. The largest absolute Gasteiger partial charge is 0.455 e. The molecular formula is C32H27N3O4S2. The molecule has 0 saturated heterocycles. The first-order chi connectivity index (χ1) is 19.6. The number of thiophene rings is 1. The van der Waals surface area contributed by atoms with Crippen molar-refractivity contribution in [3.63, 3.8) is 0 Å². The summed E-state index contributed by atoms with van der Waals surface area (Å²) in [5, 5.41) is 4.43. The summed E-state index contributed by atoms with van der Waals surface area (Å²) in [6.07, 6.45) is 1.15. The third-order valence-electron chi connectivity index (χ3n) is 7.11. The van der Waals surface area contributed by atoms with Crippen molar-refractivity contribution in [3.8, 4) is 33.2 Å². The topological polar surface area (TPSA) is 92.5 Å². The quantitative estimate of drug-likeness (QED) is 0.226. The molecule has 0 saturated carbocycles. The molecule has 3 aromatic heterocycles. The van der Waals surface area contributed by atoms with Gasteiger partial charge in [-0.05, 0) is 42.6 Å². The van der Waals surface area contributed by atoms with Crippen LogP contribution in [0.25, 0.3) is 54.2 Å². The number of hydrogen-bond donors (Lipinski definition) is 1. The monoisotopic (exact) mass is 581 g/mol. The molecule has 7 nitrogen and oxygen atoms in total. The third-order valence-corrected chi connectivity index (χ3v) is 9.44. The Balaban J connectivity index is 1.61. The van der Waals surface area contributed by atoms with Gasteiger partial charge in [0.2, 0.25) is 10.0 Å². The lowest BCUT2D eigenvalue weighted by Gasteiger charge is -2.20. The molecule has 0 fully saturated rings. The van der Waals surface area contributed by atoms with Crippen LogP contribution >= 0.6 is 11.3 Å². The van der Waals surface area contributed by atoms with Crippen molar-refractivity contribution < 1.29 is 17.6 Å². The molecule has 0 atom stereocenters. The number of amides is 1. The lowest BCUT2D eigenvalue weighted by molar-refractivity contribution is 0.0964. The van der Waals surface area contributed by atoms with Crippen LogP contribution in [-0.4, -0.2) is 39.7 Å². The normalized spacial score (nSPS) is 11.7. The number of nitrogens with zero attached hydrogens (tertiary/aromatic N) is 2. The van der Waals surface area contributed by atoms with E-state index < -0.39 is 10.0 Å². The van der Waals surface area contributed by atoms with E-state index in [0.717, 1.165) is 38.0 Å². The Morgan fingerprint density at radius 1 is 0.951 bits per heavy atom. The van der Waals surface area contributed by atoms with Gasteiger partial charge in [0, 0.05) is 41.4 Å². The Morgan fingerprint density at radius 3 is 2.39 bits per heavy atom. The van der Waals surface area contributed by atoms with Crippen LogP contribution in [-0.2, 0) is 10.0 Å². The SMILES string of the molecule is CNC(=O)c1c(-c2ccc(C)cc2)oc2cc(N(C)S(C)(=O)=O)c(-c3cccc(-c4cc5ccccc5s4)n3)cc12. The van der Waals surface area contributed by atoms with Crippen molar-refractivity contribution in [1.29, 1.82) is 0 Å². The van der Waals surface area contributed by atoms with Gasteiger partial charge in [-0.25, -0.2) is 13.4 Å². The Morgan fingerprint density at radius 2 is 1.68 bits per heavy atom. The van der Waals surface area contributed by atoms with E-state index in [1.54, 1.807) is 30.5 Å². The zero-order chi connectivity index (χ0) is 28.9. The van der Waals surface area contributed by atoms with E-state index >= 15 is 0 Å². The average Bonchev–Trinajstić information content (AvgIpc) is 3.57. The molecule has 206 valence electrons. The summed E-state index contributed by atoms with van der Waals surface area (Å²) in [5.41, 5.74) is 4.91. The van der Waals surface area contributed by atoms with Crippen molar-refractivity contribution in [3.05, 3.63) is 96.1 Å². The fourth-order valence-electron chi connectivity index (χ4n) is 4.87. The second-order valence-corrected chi connectivity index (χ2v) is 13.0. The maximum absolute atomic E-state index is 13.2. The van der Waals surface area contributed by atoms with Crippen LogP contribution in [0.4, 0.5) is 5.69 Å². The maximum atomic E-state index is 13.2. The van der Waals surface area contributed by atoms with E-state index in [1.807, 2.05) is 61.5 Å². The Hall–Kier alpha value is -4.47. The molecule has 6 aromatic rings. The number of aryl methyl sites for hydroxylation is 1. The summed E-state index contributed by atoms with van der Waals surface area (Å²) < 4.78 is 34.1. The van der Waals surface area contributed by atoms with Crippen molar-refractivity contribution >= 4 is 54.0 Å². The Labute approximate surface area is 242 Å². The first kappa shape index (κ1) is 26.7. The average molecular weight is 582 g/mol. The molecule has 41 heavy (non-hydrogen) atoms. The van der Waals surface area contributed by atoms with E-state index in [0.29, 0.717) is 39.2 Å². The van der Waals surface area contributed by atoms with E-state index in [-0.39, 0.29) is 5.91 Å². The smallest absolute Gasteiger partial charge is 0.255 e. The molecule has 3 aromatic carbocycles. The number of nitrogens with one attached hydrogen (secondary N) is 1. The second kappa shape index (κ2) is 10.2. The zero-order valence-electron chi connectivity index (χ0n) is 22.9. The van der Waals surface area contributed by atoms with E-state index in [1.165, 1.54) is 11.4 Å². The fourth-order valence-corrected chi connectivity index (χ4v) is 6.41. The number of furan rings is 1. The van der Waals surface area contributed by atoms with Gasteiger partial charge in [0.05, 0.1) is 33.8 Å². The third kappa shape index (κ3) is 4.87. The summed E-state index contributed by atoms with van der Waals surface area (Å²) >= 11 is 1.65. The van der Waals surface area contributed by atoms with E-state index in [4.69, 9.17) is 9.40 Å². The summed E-state index contributed by atoms with van der Waals surface area (Å²) in [7, 11) is -0.558. The van der Waals surface area contributed by atoms with Gasteiger partial charge in [-0.2, -0.15) is 0 Å². The van der Waals surface area contributed by atoms with Gasteiger partial charge in [-0.1, -0.05) is 54.1 Å². The van der Waals surface area contributed by atoms with Crippen molar-refractivity contribution in [2.45, 2.75) is 6.92 Å². The molecule has 0 radical (unpaired) electrons. The molecule has 0 aliphatic heterocycles. The molecule has 1 amide bonds. The molecule has 0 bridgehead atoms. The van der Waals surface area contributed by atoms with Crippen molar-refractivity contribution in [2.75, 3.05) is 24.7 Å². The van der Waals surface area contributed by atoms with Crippen molar-refractivity contribution in [2.24, 2.45) is 0 Å². The van der Waals surface area contributed by atoms with Gasteiger partial charge in [0.15, 0.2) is 0 Å².